The van der Waals surface area contributed by atoms with Gasteiger partial charge >= 0.3 is 5.69 Å². The lowest BCUT2D eigenvalue weighted by molar-refractivity contribution is -0.383. The number of nitro groups is 1. The van der Waals surface area contributed by atoms with Crippen molar-refractivity contribution < 1.29 is 14.4 Å². The van der Waals surface area contributed by atoms with Gasteiger partial charge in [-0.15, -0.1) is 0 Å². The average Bonchev–Trinajstić information content (AvgIpc) is 2.63. The minimum absolute atomic E-state index is 0.0476. The number of ether oxygens (including phenoxy) is 2. The van der Waals surface area contributed by atoms with Gasteiger partial charge in [-0.2, -0.15) is 0 Å². The molecule has 0 aliphatic rings. The molecule has 0 aliphatic carbocycles. The molecule has 26 heavy (non-hydrogen) atoms. The summed E-state index contributed by atoms with van der Waals surface area (Å²) in [4.78, 5) is 21.1. The van der Waals surface area contributed by atoms with E-state index in [0.29, 0.717) is 35.3 Å². The van der Waals surface area contributed by atoms with Gasteiger partial charge in [-0.05, 0) is 19.9 Å². The number of aromatic nitrogens is 2. The summed E-state index contributed by atoms with van der Waals surface area (Å²) in [5.74, 6) is 1.13. The van der Waals surface area contributed by atoms with Crippen LogP contribution < -0.4 is 19.7 Å². The zero-order valence-electron chi connectivity index (χ0n) is 14.9. The summed E-state index contributed by atoms with van der Waals surface area (Å²) in [5.41, 5.74) is 0.204. The Bertz CT molecular complexity index is 798. The maximum Gasteiger partial charge on any atom is 0.353 e. The third-order valence-corrected chi connectivity index (χ3v) is 4.07. The average molecular weight is 382 g/mol. The zero-order chi connectivity index (χ0) is 19.3. The van der Waals surface area contributed by atoms with E-state index in [1.54, 1.807) is 17.0 Å². The first-order valence-electron chi connectivity index (χ1n) is 7.89. The van der Waals surface area contributed by atoms with Gasteiger partial charge in [0.1, 0.15) is 17.8 Å². The molecule has 140 valence electrons. The number of methoxy groups -OCH3 is 2. The minimum atomic E-state index is -0.506. The van der Waals surface area contributed by atoms with Crippen molar-refractivity contribution in [3.63, 3.8) is 0 Å². The van der Waals surface area contributed by atoms with E-state index in [-0.39, 0.29) is 17.3 Å². The predicted octanol–water partition coefficient (Wildman–Crippen LogP) is 3.65. The van der Waals surface area contributed by atoms with Crippen LogP contribution >= 0.6 is 11.6 Å². The molecule has 0 fully saturated rings. The molecule has 2 aromatic rings. The van der Waals surface area contributed by atoms with E-state index in [2.05, 4.69) is 15.3 Å². The summed E-state index contributed by atoms with van der Waals surface area (Å²) < 4.78 is 10.5. The van der Waals surface area contributed by atoms with E-state index >= 15 is 0 Å². The van der Waals surface area contributed by atoms with Gasteiger partial charge in [-0.25, -0.2) is 9.97 Å². The molecule has 10 heteroatoms. The third-order valence-electron chi connectivity index (χ3n) is 3.78. The smallest absolute Gasteiger partial charge is 0.353 e. The first-order chi connectivity index (χ1) is 12.5. The fourth-order valence-electron chi connectivity index (χ4n) is 2.47. The van der Waals surface area contributed by atoms with Gasteiger partial charge in [-0.1, -0.05) is 11.6 Å². The maximum absolute atomic E-state index is 11.7. The van der Waals surface area contributed by atoms with E-state index in [4.69, 9.17) is 21.1 Å². The summed E-state index contributed by atoms with van der Waals surface area (Å²) in [6.07, 6.45) is 1.28. The molecule has 0 bridgehead atoms. The van der Waals surface area contributed by atoms with Crippen molar-refractivity contribution in [2.24, 2.45) is 0 Å². The van der Waals surface area contributed by atoms with Crippen LogP contribution in [0.25, 0.3) is 0 Å². The molecule has 9 nitrogen and oxygen atoms in total. The number of anilines is 3. The Balaban J connectivity index is 2.55. The molecule has 0 saturated heterocycles. The predicted molar refractivity (Wildman–Crippen MR) is 100 cm³/mol. The molecule has 0 spiro atoms. The Hall–Kier alpha value is -2.81. The molecule has 0 atom stereocenters. The summed E-state index contributed by atoms with van der Waals surface area (Å²) in [5, 5.41) is 14.9. The van der Waals surface area contributed by atoms with Gasteiger partial charge < -0.3 is 19.7 Å². The van der Waals surface area contributed by atoms with Crippen molar-refractivity contribution in [1.82, 2.24) is 9.97 Å². The normalized spacial score (nSPS) is 10.3. The molecule has 1 aromatic heterocycles. The van der Waals surface area contributed by atoms with Crippen molar-refractivity contribution in [3.05, 3.63) is 33.6 Å². The number of rotatable bonds is 8. The number of nitrogens with zero attached hydrogens (tertiary/aromatic N) is 4. The lowest BCUT2D eigenvalue weighted by atomic mass is 10.2. The molecule has 1 heterocycles. The van der Waals surface area contributed by atoms with E-state index in [1.807, 2.05) is 13.8 Å². The van der Waals surface area contributed by atoms with Crippen molar-refractivity contribution in [3.8, 4) is 11.5 Å². The summed E-state index contributed by atoms with van der Waals surface area (Å²) in [7, 11) is 2.96. The molecular formula is C16H20ClN5O4. The van der Waals surface area contributed by atoms with Gasteiger partial charge in [0.15, 0.2) is 0 Å². The molecule has 0 unspecified atom stereocenters. The van der Waals surface area contributed by atoms with Crippen LogP contribution in [-0.2, 0) is 0 Å². The van der Waals surface area contributed by atoms with Gasteiger partial charge in [0.25, 0.3) is 0 Å². The highest BCUT2D eigenvalue weighted by molar-refractivity contribution is 6.32. The minimum Gasteiger partial charge on any atom is -0.495 e. The van der Waals surface area contributed by atoms with Crippen LogP contribution in [0, 0.1) is 10.1 Å². The first kappa shape index (κ1) is 19.5. The molecule has 1 N–H and O–H groups in total. The molecular weight excluding hydrogens is 362 g/mol. The van der Waals surface area contributed by atoms with E-state index in [0.717, 1.165) is 0 Å². The number of halogens is 1. The standard InChI is InChI=1S/C16H20ClN5O4/c1-5-21(6-2)16-14(22(23)24)15(18-9-19-16)20-11-7-10(17)12(25-3)8-13(11)26-4/h7-9H,5-6H2,1-4H3,(H,18,19,20). The van der Waals surface area contributed by atoms with Crippen LogP contribution in [0.4, 0.5) is 23.0 Å². The lowest BCUT2D eigenvalue weighted by Crippen LogP contribution is -2.24. The first-order valence-corrected chi connectivity index (χ1v) is 8.27. The second-order valence-corrected chi connectivity index (χ2v) is 5.54. The molecule has 0 saturated carbocycles. The van der Waals surface area contributed by atoms with Gasteiger partial charge in [0.2, 0.25) is 11.6 Å². The van der Waals surface area contributed by atoms with Crippen molar-refractivity contribution in [1.29, 1.82) is 0 Å². The van der Waals surface area contributed by atoms with E-state index in [1.165, 1.54) is 20.5 Å². The number of hydrogen-bond acceptors (Lipinski definition) is 8. The highest BCUT2D eigenvalue weighted by Gasteiger charge is 2.27. The second kappa shape index (κ2) is 8.52. The lowest BCUT2D eigenvalue weighted by Gasteiger charge is -2.20. The van der Waals surface area contributed by atoms with Crippen LogP contribution in [0.3, 0.4) is 0 Å². The highest BCUT2D eigenvalue weighted by Crippen LogP contribution is 2.40. The Morgan fingerprint density at radius 2 is 1.85 bits per heavy atom. The Kier molecular flexibility index (Phi) is 6.40. The van der Waals surface area contributed by atoms with Gasteiger partial charge in [0.05, 0.1) is 29.9 Å². The monoisotopic (exact) mass is 381 g/mol. The van der Waals surface area contributed by atoms with Gasteiger partial charge in [-0.3, -0.25) is 10.1 Å². The molecule has 2 rings (SSSR count). The van der Waals surface area contributed by atoms with Crippen LogP contribution in [0.5, 0.6) is 11.5 Å². The largest absolute Gasteiger partial charge is 0.495 e. The van der Waals surface area contributed by atoms with Crippen LogP contribution in [0.1, 0.15) is 13.8 Å². The van der Waals surface area contributed by atoms with E-state index < -0.39 is 4.92 Å². The van der Waals surface area contributed by atoms with Crippen LogP contribution in [-0.4, -0.2) is 42.2 Å². The topological polar surface area (TPSA) is 103 Å². The zero-order valence-corrected chi connectivity index (χ0v) is 15.7. The molecule has 1 aromatic carbocycles. The Morgan fingerprint density at radius 1 is 1.19 bits per heavy atom. The Labute approximate surface area is 156 Å². The molecule has 0 aliphatic heterocycles. The Morgan fingerprint density at radius 3 is 2.38 bits per heavy atom. The fourth-order valence-corrected chi connectivity index (χ4v) is 2.71. The van der Waals surface area contributed by atoms with Crippen LogP contribution in [0.15, 0.2) is 18.5 Å². The summed E-state index contributed by atoms with van der Waals surface area (Å²) >= 11 is 6.16. The quantitative estimate of drug-likeness (QED) is 0.546. The fraction of sp³-hybridized carbons (Fsp3) is 0.375. The maximum atomic E-state index is 11.7. The SMILES string of the molecule is CCN(CC)c1ncnc(Nc2cc(Cl)c(OC)cc2OC)c1[N+](=O)[O-]. The molecule has 0 amide bonds. The van der Waals surface area contributed by atoms with E-state index in [9.17, 15) is 10.1 Å². The van der Waals surface area contributed by atoms with Gasteiger partial charge in [0, 0.05) is 19.2 Å². The highest BCUT2D eigenvalue weighted by atomic mass is 35.5. The molecule has 0 radical (unpaired) electrons. The van der Waals surface area contributed by atoms with Crippen molar-refractivity contribution in [2.75, 3.05) is 37.5 Å². The number of hydrogen-bond donors (Lipinski definition) is 1. The third kappa shape index (κ3) is 3.88. The second-order valence-electron chi connectivity index (χ2n) is 5.14. The summed E-state index contributed by atoms with van der Waals surface area (Å²) in [6.45, 7) is 4.94. The number of benzene rings is 1. The van der Waals surface area contributed by atoms with Crippen molar-refractivity contribution >= 4 is 34.6 Å². The summed E-state index contributed by atoms with van der Waals surface area (Å²) in [6, 6.07) is 3.14. The number of nitrogens with one attached hydrogen (secondary N) is 1. The van der Waals surface area contributed by atoms with Crippen LogP contribution in [0.2, 0.25) is 5.02 Å². The van der Waals surface area contributed by atoms with Crippen molar-refractivity contribution in [2.45, 2.75) is 13.8 Å².